The van der Waals surface area contributed by atoms with Crippen molar-refractivity contribution in [1.82, 2.24) is 31.9 Å². The monoisotopic (exact) mass is 947 g/mol. The Morgan fingerprint density at radius 1 is 0.701 bits per heavy atom. The maximum absolute atomic E-state index is 14.1. The number of esters is 1. The van der Waals surface area contributed by atoms with Crippen LogP contribution in [0.5, 0.6) is 5.75 Å². The number of aliphatic hydroxyl groups is 2. The highest BCUT2D eigenvalue weighted by Gasteiger charge is 2.38. The summed E-state index contributed by atoms with van der Waals surface area (Å²) in [7, 11) is 0. The van der Waals surface area contributed by atoms with Crippen molar-refractivity contribution >= 4 is 53.3 Å². The van der Waals surface area contributed by atoms with Crippen LogP contribution in [0.25, 0.3) is 0 Å². The molecule has 7 amide bonds. The van der Waals surface area contributed by atoms with E-state index in [9.17, 15) is 53.7 Å². The highest BCUT2D eigenvalue weighted by molar-refractivity contribution is 5.98. The van der Waals surface area contributed by atoms with Gasteiger partial charge in [0.1, 0.15) is 48.1 Å². The maximum atomic E-state index is 14.1. The Labute approximate surface area is 392 Å². The SMILES string of the molecule is CC(C)[C@H]1NC(=O)[C@@H](NC(=O)C[C@@H](O)CCCCCCCCCCCCN=C(N)N)[C@@H](C)OC(=O)[C@@H](C)NC(=O)[C@@H](CC(N)=O)NC(=O)[C@@H]([C@H](C)O)NC(=O)[C@@H](Cc2ccc(O)cc2)NC1=O. The standard InChI is InChI=1S/C45H74N10O12/c1-25(2)36-41(63)51-32(22-29-17-19-30(57)20-18-29)40(62)55-37(27(4)56)42(64)52-33(24-34(46)59)39(61)50-26(3)44(66)67-28(5)38(43(65)54-36)53-35(60)23-31(58)16-14-12-10-8-6-7-9-11-13-15-21-49-45(47)48/h17-20,25-28,31-33,36-38,56-58H,6-16,21-24H2,1-5H3,(H2,46,59)(H,50,61)(H,51,63)(H,52,64)(H,53,60)(H,54,65)(H,55,62)(H4,47,48,49)/t26-,27+,28-,31+,32-,33-,36-,37-,38+/m1/s1. The molecule has 1 aromatic rings. The number of aliphatic hydroxyl groups excluding tert-OH is 2. The third-order valence-corrected chi connectivity index (χ3v) is 11.1. The number of phenols is 1. The Morgan fingerprint density at radius 3 is 1.78 bits per heavy atom. The summed E-state index contributed by atoms with van der Waals surface area (Å²) >= 11 is 0. The number of carbonyl (C=O) groups is 8. The number of ether oxygens (including phenoxy) is 1. The molecule has 22 nitrogen and oxygen atoms in total. The van der Waals surface area contributed by atoms with Crippen molar-refractivity contribution in [2.24, 2.45) is 28.1 Å². The van der Waals surface area contributed by atoms with Gasteiger partial charge in [0.05, 0.1) is 25.0 Å². The van der Waals surface area contributed by atoms with Crippen LogP contribution in [0, 0.1) is 5.92 Å². The van der Waals surface area contributed by atoms with Crippen molar-refractivity contribution in [3.05, 3.63) is 29.8 Å². The van der Waals surface area contributed by atoms with Crippen molar-refractivity contribution in [1.29, 1.82) is 0 Å². The number of unbranched alkanes of at least 4 members (excludes halogenated alkanes) is 9. The highest BCUT2D eigenvalue weighted by atomic mass is 16.5. The Kier molecular flexibility index (Phi) is 25.2. The number of aromatic hydroxyl groups is 1. The van der Waals surface area contributed by atoms with E-state index in [1.165, 1.54) is 45.0 Å². The number of rotatable bonds is 22. The second-order valence-corrected chi connectivity index (χ2v) is 17.5. The summed E-state index contributed by atoms with van der Waals surface area (Å²) in [5.74, 6) is -8.52. The minimum absolute atomic E-state index is 0.0796. The van der Waals surface area contributed by atoms with E-state index in [1.54, 1.807) is 13.8 Å². The highest BCUT2D eigenvalue weighted by Crippen LogP contribution is 2.16. The molecule has 0 spiro atoms. The summed E-state index contributed by atoms with van der Waals surface area (Å²) in [5.41, 5.74) is 16.5. The average Bonchev–Trinajstić information content (AvgIpc) is 3.24. The molecular formula is C45H74N10O12. The quantitative estimate of drug-likeness (QED) is 0.0288. The zero-order valence-corrected chi connectivity index (χ0v) is 39.4. The minimum atomic E-state index is -1.75. The number of nitrogens with two attached hydrogens (primary N) is 3. The van der Waals surface area contributed by atoms with E-state index >= 15 is 0 Å². The summed E-state index contributed by atoms with van der Waals surface area (Å²) in [5, 5.41) is 45.9. The molecule has 1 aromatic carbocycles. The topological polar surface area (TPSA) is 369 Å². The van der Waals surface area contributed by atoms with E-state index in [0.29, 0.717) is 24.9 Å². The van der Waals surface area contributed by atoms with Crippen LogP contribution < -0.4 is 49.1 Å². The number of benzene rings is 1. The largest absolute Gasteiger partial charge is 0.508 e. The number of phenolic OH excluding ortho intramolecular Hbond substituents is 1. The first kappa shape index (κ1) is 57.1. The molecule has 2 rings (SSSR count). The predicted octanol–water partition coefficient (Wildman–Crippen LogP) is -0.964. The smallest absolute Gasteiger partial charge is 0.328 e. The zero-order chi connectivity index (χ0) is 50.2. The van der Waals surface area contributed by atoms with Crippen molar-refractivity contribution in [3.63, 3.8) is 0 Å². The second kappa shape index (κ2) is 29.6. The van der Waals surface area contributed by atoms with Crippen LogP contribution in [0.15, 0.2) is 29.3 Å². The molecule has 0 aromatic heterocycles. The summed E-state index contributed by atoms with van der Waals surface area (Å²) in [6.07, 6.45) is 4.77. The van der Waals surface area contributed by atoms with E-state index in [-0.39, 0.29) is 18.1 Å². The molecule has 0 bridgehead atoms. The van der Waals surface area contributed by atoms with Gasteiger partial charge in [-0.2, -0.15) is 0 Å². The summed E-state index contributed by atoms with van der Waals surface area (Å²) in [6.45, 7) is 7.52. The van der Waals surface area contributed by atoms with E-state index < -0.39 is 121 Å². The van der Waals surface area contributed by atoms with Gasteiger partial charge in [0.15, 0.2) is 5.96 Å². The summed E-state index contributed by atoms with van der Waals surface area (Å²) < 4.78 is 5.55. The van der Waals surface area contributed by atoms with E-state index in [2.05, 4.69) is 36.9 Å². The van der Waals surface area contributed by atoms with Gasteiger partial charge in [0, 0.05) is 13.0 Å². The van der Waals surface area contributed by atoms with Gasteiger partial charge < -0.3 is 69.2 Å². The minimum Gasteiger partial charge on any atom is -0.508 e. The number of nitrogens with zero attached hydrogens (tertiary/aromatic N) is 1. The molecule has 376 valence electrons. The van der Waals surface area contributed by atoms with Crippen LogP contribution in [-0.2, 0) is 49.5 Å². The molecule has 1 saturated heterocycles. The molecule has 15 N–H and O–H groups in total. The normalized spacial score (nSPS) is 23.4. The first-order chi connectivity index (χ1) is 31.6. The van der Waals surface area contributed by atoms with Gasteiger partial charge in [-0.25, -0.2) is 4.79 Å². The number of amides is 7. The lowest BCUT2D eigenvalue weighted by Gasteiger charge is -2.30. The van der Waals surface area contributed by atoms with E-state index in [1.807, 2.05) is 0 Å². The lowest BCUT2D eigenvalue weighted by Crippen LogP contribution is -2.62. The van der Waals surface area contributed by atoms with Crippen molar-refractivity contribution in [2.45, 2.75) is 179 Å². The number of guanidine groups is 1. The third kappa shape index (κ3) is 21.9. The van der Waals surface area contributed by atoms with Crippen molar-refractivity contribution in [2.75, 3.05) is 6.54 Å². The van der Waals surface area contributed by atoms with Crippen molar-refractivity contribution < 1.29 is 58.4 Å². The molecule has 1 aliphatic rings. The molecule has 1 aliphatic heterocycles. The van der Waals surface area contributed by atoms with Crippen LogP contribution in [-0.4, -0.2) is 130 Å². The van der Waals surface area contributed by atoms with Crippen LogP contribution in [0.2, 0.25) is 0 Å². The molecule has 0 saturated carbocycles. The molecule has 22 heteroatoms. The van der Waals surface area contributed by atoms with Crippen LogP contribution in [0.4, 0.5) is 0 Å². The summed E-state index contributed by atoms with van der Waals surface area (Å²) in [4.78, 5) is 112. The number of hydrogen-bond acceptors (Lipinski definition) is 13. The fraction of sp³-hybridized carbons (Fsp3) is 0.667. The number of primary amides is 1. The van der Waals surface area contributed by atoms with Gasteiger partial charge in [-0.1, -0.05) is 83.8 Å². The van der Waals surface area contributed by atoms with Crippen LogP contribution in [0.3, 0.4) is 0 Å². The van der Waals surface area contributed by atoms with Gasteiger partial charge in [-0.05, 0) is 57.2 Å². The molecule has 67 heavy (non-hydrogen) atoms. The van der Waals surface area contributed by atoms with Gasteiger partial charge in [0.25, 0.3) is 0 Å². The second-order valence-electron chi connectivity index (χ2n) is 17.5. The number of cyclic esters (lactones) is 1. The van der Waals surface area contributed by atoms with Gasteiger partial charge in [0.2, 0.25) is 41.4 Å². The fourth-order valence-electron chi connectivity index (χ4n) is 7.23. The van der Waals surface area contributed by atoms with Gasteiger partial charge in [-0.15, -0.1) is 0 Å². The average molecular weight is 947 g/mol. The number of hydrogen-bond donors (Lipinski definition) is 12. The molecule has 9 atom stereocenters. The number of aliphatic imine (C=N–C) groups is 1. The van der Waals surface area contributed by atoms with Gasteiger partial charge in [-0.3, -0.25) is 38.6 Å². The van der Waals surface area contributed by atoms with E-state index in [0.717, 1.165) is 57.8 Å². The Hall–Kier alpha value is -6.03. The van der Waals surface area contributed by atoms with Crippen LogP contribution >= 0.6 is 0 Å². The first-order valence-corrected chi connectivity index (χ1v) is 23.1. The maximum Gasteiger partial charge on any atom is 0.328 e. The van der Waals surface area contributed by atoms with Crippen LogP contribution in [0.1, 0.15) is 124 Å². The van der Waals surface area contributed by atoms with Gasteiger partial charge >= 0.3 is 5.97 Å². The third-order valence-electron chi connectivity index (χ3n) is 11.1. The Balaban J connectivity index is 2.31. The molecule has 1 fully saturated rings. The molecule has 0 radical (unpaired) electrons. The fourth-order valence-corrected chi connectivity index (χ4v) is 7.23. The summed E-state index contributed by atoms with van der Waals surface area (Å²) in [6, 6.07) is -3.77. The number of carbonyl (C=O) groups excluding carboxylic acids is 8. The predicted molar refractivity (Wildman–Crippen MR) is 247 cm³/mol. The number of nitrogens with one attached hydrogen (secondary N) is 6. The molecule has 0 unspecified atom stereocenters. The lowest BCUT2D eigenvalue weighted by molar-refractivity contribution is -0.155. The Bertz CT molecular complexity index is 1830. The Morgan fingerprint density at radius 2 is 1.22 bits per heavy atom. The lowest BCUT2D eigenvalue weighted by atomic mass is 9.99. The first-order valence-electron chi connectivity index (χ1n) is 23.1. The van der Waals surface area contributed by atoms with Crippen molar-refractivity contribution in [3.8, 4) is 5.75 Å². The molecule has 0 aliphatic carbocycles. The molecule has 1 heterocycles. The zero-order valence-electron chi connectivity index (χ0n) is 39.4. The molecular weight excluding hydrogens is 873 g/mol. The van der Waals surface area contributed by atoms with E-state index in [4.69, 9.17) is 21.9 Å².